The van der Waals surface area contributed by atoms with E-state index >= 15 is 0 Å². The molecule has 0 rings (SSSR count). The Bertz CT molecular complexity index is 192. The lowest BCUT2D eigenvalue weighted by Gasteiger charge is -2.22. The van der Waals surface area contributed by atoms with E-state index in [9.17, 15) is 9.59 Å². The zero-order valence-corrected chi connectivity index (χ0v) is 8.37. The average Bonchev–Trinajstić information content (AvgIpc) is 2.02. The van der Waals surface area contributed by atoms with Crippen molar-refractivity contribution in [1.82, 2.24) is 10.6 Å². The Morgan fingerprint density at radius 1 is 1.50 bits per heavy atom. The number of urea groups is 1. The minimum Gasteiger partial charge on any atom is -0.341 e. The van der Waals surface area contributed by atoms with E-state index in [1.807, 2.05) is 0 Å². The maximum absolute atomic E-state index is 11.2. The molecule has 0 fully saturated rings. The number of amides is 2. The van der Waals surface area contributed by atoms with Gasteiger partial charge in [0, 0.05) is 13.5 Å². The molecule has 0 aliphatic carbocycles. The lowest BCUT2D eigenvalue weighted by Crippen LogP contribution is -2.50. The molecule has 0 heterocycles. The van der Waals surface area contributed by atoms with Gasteiger partial charge in [0.05, 0.1) is 0 Å². The molecule has 0 radical (unpaired) electrons. The fourth-order valence-electron chi connectivity index (χ4n) is 0.698. The molecule has 12 heavy (non-hydrogen) atoms. The number of nitrogens with one attached hydrogen (secondary N) is 2. The van der Waals surface area contributed by atoms with Crippen LogP contribution in [0.5, 0.6) is 0 Å². The molecule has 5 heteroatoms. The standard InChI is InChI=1S/C7H14N2O2S/c1-4-5(10)7(2,12)9-6(11)8-3/h12H,4H2,1-3H3,(H2,8,9,11). The van der Waals surface area contributed by atoms with Gasteiger partial charge in [-0.2, -0.15) is 0 Å². The van der Waals surface area contributed by atoms with Crippen LogP contribution in [0.1, 0.15) is 20.3 Å². The van der Waals surface area contributed by atoms with Gasteiger partial charge in [-0.05, 0) is 6.92 Å². The van der Waals surface area contributed by atoms with Gasteiger partial charge in [-0.3, -0.25) is 4.79 Å². The Morgan fingerprint density at radius 3 is 2.33 bits per heavy atom. The highest BCUT2D eigenvalue weighted by molar-refractivity contribution is 7.82. The summed E-state index contributed by atoms with van der Waals surface area (Å²) < 4.78 is 0. The third kappa shape index (κ3) is 3.13. The predicted octanol–water partition coefficient (Wildman–Crippen LogP) is 0.540. The molecule has 1 unspecified atom stereocenters. The summed E-state index contributed by atoms with van der Waals surface area (Å²) in [4.78, 5) is 20.9. The van der Waals surface area contributed by atoms with E-state index < -0.39 is 10.9 Å². The van der Waals surface area contributed by atoms with E-state index in [1.54, 1.807) is 13.8 Å². The summed E-state index contributed by atoms with van der Waals surface area (Å²) in [5.41, 5.74) is 0. The number of hydrogen-bond acceptors (Lipinski definition) is 3. The summed E-state index contributed by atoms with van der Waals surface area (Å²) in [6, 6.07) is -0.408. The Kier molecular flexibility index (Phi) is 4.09. The van der Waals surface area contributed by atoms with Gasteiger partial charge in [0.1, 0.15) is 4.87 Å². The molecule has 0 aromatic rings. The van der Waals surface area contributed by atoms with Gasteiger partial charge in [0.25, 0.3) is 0 Å². The van der Waals surface area contributed by atoms with Crippen molar-refractivity contribution in [2.45, 2.75) is 25.1 Å². The maximum Gasteiger partial charge on any atom is 0.315 e. The molecule has 0 saturated heterocycles. The van der Waals surface area contributed by atoms with Crippen molar-refractivity contribution >= 4 is 24.4 Å². The van der Waals surface area contributed by atoms with Crippen LogP contribution >= 0.6 is 12.6 Å². The average molecular weight is 190 g/mol. The van der Waals surface area contributed by atoms with Crippen LogP contribution in [0.25, 0.3) is 0 Å². The van der Waals surface area contributed by atoms with Gasteiger partial charge < -0.3 is 10.6 Å². The second-order valence-electron chi connectivity index (χ2n) is 2.55. The smallest absolute Gasteiger partial charge is 0.315 e. The molecule has 0 aromatic carbocycles. The number of carbonyl (C=O) groups excluding carboxylic acids is 2. The van der Waals surface area contributed by atoms with Crippen molar-refractivity contribution in [2.75, 3.05) is 7.05 Å². The van der Waals surface area contributed by atoms with Crippen molar-refractivity contribution in [2.24, 2.45) is 0 Å². The van der Waals surface area contributed by atoms with E-state index in [0.29, 0.717) is 6.42 Å². The van der Waals surface area contributed by atoms with Gasteiger partial charge in [-0.1, -0.05) is 6.92 Å². The molecule has 2 N–H and O–H groups in total. The summed E-state index contributed by atoms with van der Waals surface area (Å²) in [7, 11) is 1.48. The SMILES string of the molecule is CCC(=O)C(C)(S)NC(=O)NC. The number of carbonyl (C=O) groups is 2. The maximum atomic E-state index is 11.2. The molecule has 0 aromatic heterocycles. The van der Waals surface area contributed by atoms with Gasteiger partial charge in [0.15, 0.2) is 5.78 Å². The summed E-state index contributed by atoms with van der Waals surface area (Å²) >= 11 is 4.03. The Morgan fingerprint density at radius 2 is 2.00 bits per heavy atom. The van der Waals surface area contributed by atoms with E-state index in [2.05, 4.69) is 23.3 Å². The van der Waals surface area contributed by atoms with Crippen LogP contribution in [0, 0.1) is 0 Å². The number of thiol groups is 1. The van der Waals surface area contributed by atoms with Crippen LogP contribution < -0.4 is 10.6 Å². The van der Waals surface area contributed by atoms with Crippen molar-refractivity contribution < 1.29 is 9.59 Å². The van der Waals surface area contributed by atoms with Gasteiger partial charge in [-0.25, -0.2) is 4.79 Å². The minimum atomic E-state index is -1.07. The largest absolute Gasteiger partial charge is 0.341 e. The first-order chi connectivity index (χ1) is 5.44. The second-order valence-corrected chi connectivity index (χ2v) is 3.45. The third-order valence-corrected chi connectivity index (χ3v) is 1.81. The van der Waals surface area contributed by atoms with Crippen LogP contribution in [0.2, 0.25) is 0 Å². The lowest BCUT2D eigenvalue weighted by atomic mass is 10.1. The first kappa shape index (κ1) is 11.3. The molecule has 0 aliphatic heterocycles. The molecular formula is C7H14N2O2S. The van der Waals surface area contributed by atoms with E-state index in [4.69, 9.17) is 0 Å². The third-order valence-electron chi connectivity index (χ3n) is 1.45. The summed E-state index contributed by atoms with van der Waals surface area (Å²) in [6.45, 7) is 3.28. The van der Waals surface area contributed by atoms with Gasteiger partial charge in [0.2, 0.25) is 0 Å². The molecule has 0 aliphatic rings. The van der Waals surface area contributed by atoms with Crippen LogP contribution in [0.4, 0.5) is 4.79 Å². The summed E-state index contributed by atoms with van der Waals surface area (Å²) in [6.07, 6.45) is 0.351. The minimum absolute atomic E-state index is 0.116. The number of ketones is 1. The molecule has 70 valence electrons. The van der Waals surface area contributed by atoms with Crippen molar-refractivity contribution in [3.05, 3.63) is 0 Å². The molecule has 0 bridgehead atoms. The zero-order chi connectivity index (χ0) is 9.78. The van der Waals surface area contributed by atoms with Crippen LogP contribution in [-0.4, -0.2) is 23.7 Å². The first-order valence-corrected chi connectivity index (χ1v) is 4.14. The highest BCUT2D eigenvalue weighted by Gasteiger charge is 2.28. The normalized spacial score (nSPS) is 14.7. The molecule has 4 nitrogen and oxygen atoms in total. The molecule has 1 atom stereocenters. The van der Waals surface area contributed by atoms with Gasteiger partial charge in [-0.15, -0.1) is 12.6 Å². The molecular weight excluding hydrogens is 176 g/mol. The fraction of sp³-hybridized carbons (Fsp3) is 0.714. The van der Waals surface area contributed by atoms with E-state index in [-0.39, 0.29) is 5.78 Å². The Labute approximate surface area is 77.5 Å². The number of rotatable bonds is 3. The lowest BCUT2D eigenvalue weighted by molar-refractivity contribution is -0.121. The summed E-state index contributed by atoms with van der Waals surface area (Å²) in [5, 5.41) is 4.77. The number of Topliss-reactive ketones (excluding diaryl/α,β-unsaturated/α-hetero) is 1. The summed E-state index contributed by atoms with van der Waals surface area (Å²) in [5.74, 6) is -0.116. The van der Waals surface area contributed by atoms with E-state index in [0.717, 1.165) is 0 Å². The highest BCUT2D eigenvalue weighted by Crippen LogP contribution is 2.12. The number of hydrogen-bond donors (Lipinski definition) is 3. The Hall–Kier alpha value is -0.710. The zero-order valence-electron chi connectivity index (χ0n) is 7.47. The quantitative estimate of drug-likeness (QED) is 0.449. The van der Waals surface area contributed by atoms with E-state index in [1.165, 1.54) is 7.05 Å². The monoisotopic (exact) mass is 190 g/mol. The van der Waals surface area contributed by atoms with Crippen molar-refractivity contribution in [3.63, 3.8) is 0 Å². The second kappa shape index (κ2) is 4.35. The molecule has 0 saturated carbocycles. The first-order valence-electron chi connectivity index (χ1n) is 3.69. The van der Waals surface area contributed by atoms with Crippen molar-refractivity contribution in [3.8, 4) is 0 Å². The van der Waals surface area contributed by atoms with Crippen LogP contribution in [0.15, 0.2) is 0 Å². The van der Waals surface area contributed by atoms with Crippen LogP contribution in [-0.2, 0) is 4.79 Å². The predicted molar refractivity (Wildman–Crippen MR) is 50.3 cm³/mol. The highest BCUT2D eigenvalue weighted by atomic mass is 32.1. The van der Waals surface area contributed by atoms with Crippen molar-refractivity contribution in [1.29, 1.82) is 0 Å². The molecule has 2 amide bonds. The van der Waals surface area contributed by atoms with Crippen LogP contribution in [0.3, 0.4) is 0 Å². The topological polar surface area (TPSA) is 58.2 Å². The van der Waals surface area contributed by atoms with Gasteiger partial charge >= 0.3 is 6.03 Å². The molecule has 0 spiro atoms. The Balaban J connectivity index is 4.21. The fourth-order valence-corrected chi connectivity index (χ4v) is 0.957.